The number of nitrogens with zero attached hydrogens (tertiary/aromatic N) is 1. The second-order valence-electron chi connectivity index (χ2n) is 7.31. The monoisotopic (exact) mass is 351 g/mol. The van der Waals surface area contributed by atoms with Crippen LogP contribution in [0, 0.1) is 0 Å². The molecule has 2 heterocycles. The summed E-state index contributed by atoms with van der Waals surface area (Å²) in [6, 6.07) is 10.2. The van der Waals surface area contributed by atoms with E-state index in [0.29, 0.717) is 11.7 Å². The first-order chi connectivity index (χ1) is 11.9. The summed E-state index contributed by atoms with van der Waals surface area (Å²) in [5.41, 5.74) is 7.25. The third-order valence-corrected chi connectivity index (χ3v) is 5.39. The number of aromatic hydroxyl groups is 1. The number of thiazole rings is 1. The van der Waals surface area contributed by atoms with Crippen LogP contribution >= 0.6 is 11.3 Å². The highest BCUT2D eigenvalue weighted by Gasteiger charge is 2.34. The van der Waals surface area contributed by atoms with E-state index in [1.54, 1.807) is 11.6 Å². The molecule has 4 rings (SSSR count). The minimum absolute atomic E-state index is 0.231. The van der Waals surface area contributed by atoms with Crippen LogP contribution in [0.15, 0.2) is 41.2 Å². The summed E-state index contributed by atoms with van der Waals surface area (Å²) in [6.07, 6.45) is 0. The lowest BCUT2D eigenvalue weighted by molar-refractivity contribution is 0.105. The largest absolute Gasteiger partial charge is 0.507 e. The first kappa shape index (κ1) is 16.2. The van der Waals surface area contributed by atoms with Crippen LogP contribution in [0.5, 0.6) is 11.5 Å². The highest BCUT2D eigenvalue weighted by Crippen LogP contribution is 2.51. The highest BCUT2D eigenvalue weighted by atomic mass is 32.1. The fourth-order valence-electron chi connectivity index (χ4n) is 3.42. The van der Waals surface area contributed by atoms with Crippen LogP contribution in [0.4, 0.5) is 0 Å². The quantitative estimate of drug-likeness (QED) is 0.622. The first-order valence-corrected chi connectivity index (χ1v) is 9.40. The average molecular weight is 351 g/mol. The van der Waals surface area contributed by atoms with E-state index in [4.69, 9.17) is 4.74 Å². The number of hydrogen-bond donors (Lipinski definition) is 1. The van der Waals surface area contributed by atoms with Crippen LogP contribution < -0.4 is 4.74 Å². The molecule has 128 valence electrons. The number of phenolic OH excluding ortho intramolecular Hbond substituents is 1. The Labute approximate surface area is 151 Å². The summed E-state index contributed by atoms with van der Waals surface area (Å²) in [7, 11) is 0. The number of ether oxygens (including phenoxy) is 1. The zero-order valence-corrected chi connectivity index (χ0v) is 15.6. The van der Waals surface area contributed by atoms with Crippen molar-refractivity contribution in [1.82, 2.24) is 4.98 Å². The van der Waals surface area contributed by atoms with Crippen LogP contribution in [0.3, 0.4) is 0 Å². The Morgan fingerprint density at radius 3 is 2.64 bits per heavy atom. The molecule has 1 aliphatic rings. The molecule has 0 fully saturated rings. The summed E-state index contributed by atoms with van der Waals surface area (Å²) in [5, 5.41) is 12.7. The molecule has 0 atom stereocenters. The fourth-order valence-corrected chi connectivity index (χ4v) is 3.98. The lowest BCUT2D eigenvalue weighted by Crippen LogP contribution is -2.29. The van der Waals surface area contributed by atoms with Gasteiger partial charge in [-0.2, -0.15) is 0 Å². The number of hydrogen-bond acceptors (Lipinski definition) is 4. The Morgan fingerprint density at radius 1 is 1.16 bits per heavy atom. The molecule has 0 spiro atoms. The van der Waals surface area contributed by atoms with Crippen molar-refractivity contribution < 1.29 is 9.84 Å². The molecular formula is C21H21NO2S. The van der Waals surface area contributed by atoms with Gasteiger partial charge in [-0.3, -0.25) is 0 Å². The Balaban J connectivity index is 1.94. The van der Waals surface area contributed by atoms with Gasteiger partial charge in [-0.15, -0.1) is 11.3 Å². The lowest BCUT2D eigenvalue weighted by atomic mass is 9.83. The number of fused-ring (bicyclic) bond motifs is 3. The zero-order chi connectivity index (χ0) is 17.8. The third-order valence-electron chi connectivity index (χ3n) is 4.80. The van der Waals surface area contributed by atoms with Crippen molar-refractivity contribution in [3.05, 3.63) is 52.3 Å². The molecule has 0 unspecified atom stereocenters. The van der Waals surface area contributed by atoms with Gasteiger partial charge in [0, 0.05) is 16.5 Å². The summed E-state index contributed by atoms with van der Waals surface area (Å²) in [4.78, 5) is 4.34. The first-order valence-electron chi connectivity index (χ1n) is 8.46. The molecule has 3 aromatic rings. The SMILES string of the molecule is CC(C)c1ccc2c(c1)C(C)(C)Oc1cc(-c3cscn3)cc(O)c1-2. The van der Waals surface area contributed by atoms with Gasteiger partial charge in [-0.05, 0) is 43.0 Å². The van der Waals surface area contributed by atoms with Crippen LogP contribution in [0.2, 0.25) is 0 Å². The predicted octanol–water partition coefficient (Wildman–Crippen LogP) is 5.93. The fraction of sp³-hybridized carbons (Fsp3) is 0.286. The van der Waals surface area contributed by atoms with Gasteiger partial charge < -0.3 is 9.84 Å². The highest BCUT2D eigenvalue weighted by molar-refractivity contribution is 7.07. The molecular weight excluding hydrogens is 330 g/mol. The van der Waals surface area contributed by atoms with Gasteiger partial charge in [0.25, 0.3) is 0 Å². The van der Waals surface area contributed by atoms with Gasteiger partial charge in [0.05, 0.1) is 16.8 Å². The standard InChI is InChI=1S/C21H21NO2S/c1-12(2)13-5-6-15-16(7-13)21(3,4)24-19-9-14(8-18(23)20(15)19)17-10-25-11-22-17/h5-12,23H,1-4H3. The van der Waals surface area contributed by atoms with E-state index in [-0.39, 0.29) is 5.75 Å². The van der Waals surface area contributed by atoms with E-state index in [1.165, 1.54) is 16.9 Å². The van der Waals surface area contributed by atoms with Crippen molar-refractivity contribution in [3.8, 4) is 33.9 Å². The van der Waals surface area contributed by atoms with Gasteiger partial charge in [0.15, 0.2) is 0 Å². The molecule has 0 radical (unpaired) electrons. The maximum absolute atomic E-state index is 10.7. The van der Waals surface area contributed by atoms with E-state index in [0.717, 1.165) is 27.9 Å². The Kier molecular flexibility index (Phi) is 3.62. The molecule has 0 amide bonds. The topological polar surface area (TPSA) is 42.4 Å². The molecule has 0 aliphatic carbocycles. The number of aromatic nitrogens is 1. The molecule has 0 bridgehead atoms. The summed E-state index contributed by atoms with van der Waals surface area (Å²) in [6.45, 7) is 8.52. The van der Waals surface area contributed by atoms with E-state index < -0.39 is 5.60 Å². The Hall–Kier alpha value is -2.33. The second-order valence-corrected chi connectivity index (χ2v) is 8.03. The molecule has 0 saturated heterocycles. The molecule has 1 aromatic heterocycles. The number of phenols is 1. The average Bonchev–Trinajstić information content (AvgIpc) is 3.07. The van der Waals surface area contributed by atoms with Crippen molar-refractivity contribution in [2.75, 3.05) is 0 Å². The zero-order valence-electron chi connectivity index (χ0n) is 14.8. The molecule has 1 aliphatic heterocycles. The van der Waals surface area contributed by atoms with E-state index in [9.17, 15) is 5.11 Å². The van der Waals surface area contributed by atoms with E-state index in [1.807, 2.05) is 11.4 Å². The predicted molar refractivity (Wildman–Crippen MR) is 102 cm³/mol. The smallest absolute Gasteiger partial charge is 0.132 e. The summed E-state index contributed by atoms with van der Waals surface area (Å²) in [5.74, 6) is 1.38. The molecule has 2 aromatic carbocycles. The Morgan fingerprint density at radius 2 is 1.96 bits per heavy atom. The van der Waals surface area contributed by atoms with Crippen molar-refractivity contribution in [1.29, 1.82) is 0 Å². The minimum Gasteiger partial charge on any atom is -0.507 e. The molecule has 3 nitrogen and oxygen atoms in total. The maximum atomic E-state index is 10.7. The van der Waals surface area contributed by atoms with Gasteiger partial charge in [0.1, 0.15) is 17.1 Å². The van der Waals surface area contributed by atoms with Crippen LogP contribution in [-0.4, -0.2) is 10.1 Å². The third kappa shape index (κ3) is 2.61. The van der Waals surface area contributed by atoms with Crippen LogP contribution in [0.1, 0.15) is 44.7 Å². The maximum Gasteiger partial charge on any atom is 0.132 e. The second kappa shape index (κ2) is 5.60. The number of benzene rings is 2. The van der Waals surface area contributed by atoms with Gasteiger partial charge in [-0.1, -0.05) is 32.0 Å². The lowest BCUT2D eigenvalue weighted by Gasteiger charge is -2.36. The molecule has 0 saturated carbocycles. The van der Waals surface area contributed by atoms with Gasteiger partial charge in [0.2, 0.25) is 0 Å². The summed E-state index contributed by atoms with van der Waals surface area (Å²) >= 11 is 1.54. The van der Waals surface area contributed by atoms with Gasteiger partial charge in [-0.25, -0.2) is 4.98 Å². The Bertz CT molecular complexity index is 943. The van der Waals surface area contributed by atoms with Crippen molar-refractivity contribution >= 4 is 11.3 Å². The van der Waals surface area contributed by atoms with Crippen molar-refractivity contribution in [2.45, 2.75) is 39.2 Å². The van der Waals surface area contributed by atoms with E-state index >= 15 is 0 Å². The van der Waals surface area contributed by atoms with Crippen LogP contribution in [-0.2, 0) is 5.60 Å². The normalized spacial score (nSPS) is 14.8. The van der Waals surface area contributed by atoms with Crippen molar-refractivity contribution in [3.63, 3.8) is 0 Å². The molecule has 25 heavy (non-hydrogen) atoms. The molecule has 1 N–H and O–H groups in total. The number of rotatable bonds is 2. The summed E-state index contributed by atoms with van der Waals surface area (Å²) < 4.78 is 6.32. The minimum atomic E-state index is -0.458. The molecule has 4 heteroatoms. The van der Waals surface area contributed by atoms with E-state index in [2.05, 4.69) is 50.9 Å². The van der Waals surface area contributed by atoms with Gasteiger partial charge >= 0.3 is 0 Å². The van der Waals surface area contributed by atoms with Crippen LogP contribution in [0.25, 0.3) is 22.4 Å². The van der Waals surface area contributed by atoms with Crippen molar-refractivity contribution in [2.24, 2.45) is 0 Å².